The maximum Gasteiger partial charge on any atom is 0.194 e. The molecular formula is C15H22N2O3. The highest BCUT2D eigenvalue weighted by molar-refractivity contribution is 5.99. The van der Waals surface area contributed by atoms with Crippen molar-refractivity contribution in [3.63, 3.8) is 0 Å². The lowest BCUT2D eigenvalue weighted by Crippen LogP contribution is -2.45. The summed E-state index contributed by atoms with van der Waals surface area (Å²) in [7, 11) is 0. The van der Waals surface area contributed by atoms with Crippen LogP contribution in [0.3, 0.4) is 0 Å². The lowest BCUT2D eigenvalue weighted by molar-refractivity contribution is -0.0149. The van der Waals surface area contributed by atoms with E-state index in [9.17, 15) is 4.79 Å². The molecule has 1 aliphatic rings. The van der Waals surface area contributed by atoms with Crippen LogP contribution in [0.4, 0.5) is 0 Å². The molecule has 110 valence electrons. The molecule has 0 radical (unpaired) electrons. The van der Waals surface area contributed by atoms with Gasteiger partial charge in [0.1, 0.15) is 11.9 Å². The standard InChI is InChI=1S/C15H22N2O3/c1-4-17-5-6-19-14(10-17)15(18)12-7-13(9-16-8-12)20-11(2)3/h7-9,11,14H,4-6,10H2,1-3H3. The molecule has 0 bridgehead atoms. The lowest BCUT2D eigenvalue weighted by Gasteiger charge is -2.31. The minimum Gasteiger partial charge on any atom is -0.489 e. The molecule has 2 heterocycles. The van der Waals surface area contributed by atoms with Gasteiger partial charge >= 0.3 is 0 Å². The quantitative estimate of drug-likeness (QED) is 0.768. The van der Waals surface area contributed by atoms with Crippen LogP contribution in [0.25, 0.3) is 0 Å². The Hall–Kier alpha value is -1.46. The molecule has 1 fully saturated rings. The molecule has 0 saturated carbocycles. The number of ether oxygens (including phenoxy) is 2. The van der Waals surface area contributed by atoms with E-state index < -0.39 is 6.10 Å². The fraction of sp³-hybridized carbons (Fsp3) is 0.600. The van der Waals surface area contributed by atoms with Gasteiger partial charge in [0.05, 0.1) is 18.9 Å². The van der Waals surface area contributed by atoms with Crippen LogP contribution in [0, 0.1) is 0 Å². The number of rotatable bonds is 5. The Balaban J connectivity index is 2.08. The van der Waals surface area contributed by atoms with Gasteiger partial charge in [-0.2, -0.15) is 0 Å². The Labute approximate surface area is 119 Å². The van der Waals surface area contributed by atoms with Crippen LogP contribution >= 0.6 is 0 Å². The summed E-state index contributed by atoms with van der Waals surface area (Å²) in [6, 6.07) is 1.74. The summed E-state index contributed by atoms with van der Waals surface area (Å²) in [5.74, 6) is 0.596. The number of carbonyl (C=O) groups excluding carboxylic acids is 1. The van der Waals surface area contributed by atoms with E-state index in [1.54, 1.807) is 18.5 Å². The molecule has 0 aromatic carbocycles. The predicted octanol–water partition coefficient (Wildman–Crippen LogP) is 1.77. The summed E-state index contributed by atoms with van der Waals surface area (Å²) in [6.45, 7) is 9.03. The van der Waals surface area contributed by atoms with Gasteiger partial charge in [0.25, 0.3) is 0 Å². The zero-order valence-electron chi connectivity index (χ0n) is 12.3. The highest BCUT2D eigenvalue weighted by Gasteiger charge is 2.27. The van der Waals surface area contributed by atoms with Gasteiger partial charge in [-0.25, -0.2) is 0 Å². The van der Waals surface area contributed by atoms with E-state index in [1.807, 2.05) is 13.8 Å². The van der Waals surface area contributed by atoms with Crippen molar-refractivity contribution in [2.45, 2.75) is 33.0 Å². The molecule has 1 aliphatic heterocycles. The minimum absolute atomic E-state index is 0.0233. The topological polar surface area (TPSA) is 51.7 Å². The van der Waals surface area contributed by atoms with Crippen LogP contribution < -0.4 is 4.74 Å². The van der Waals surface area contributed by atoms with E-state index in [1.165, 1.54) is 0 Å². The number of nitrogens with zero attached hydrogens (tertiary/aromatic N) is 2. The molecule has 0 N–H and O–H groups in total. The van der Waals surface area contributed by atoms with Crippen molar-refractivity contribution in [2.75, 3.05) is 26.2 Å². The van der Waals surface area contributed by atoms with Gasteiger partial charge in [-0.15, -0.1) is 0 Å². The summed E-state index contributed by atoms with van der Waals surface area (Å²) in [5, 5.41) is 0. The molecule has 5 heteroatoms. The SMILES string of the molecule is CCN1CCOC(C(=O)c2cncc(OC(C)C)c2)C1. The number of hydrogen-bond acceptors (Lipinski definition) is 5. The van der Waals surface area contributed by atoms with Crippen molar-refractivity contribution in [2.24, 2.45) is 0 Å². The third-order valence-corrected chi connectivity index (χ3v) is 3.26. The predicted molar refractivity (Wildman–Crippen MR) is 76.2 cm³/mol. The number of carbonyl (C=O) groups is 1. The fourth-order valence-corrected chi connectivity index (χ4v) is 2.22. The van der Waals surface area contributed by atoms with Crippen LogP contribution in [0.2, 0.25) is 0 Å². The van der Waals surface area contributed by atoms with E-state index >= 15 is 0 Å². The smallest absolute Gasteiger partial charge is 0.194 e. The van der Waals surface area contributed by atoms with Crippen molar-refractivity contribution < 1.29 is 14.3 Å². The Bertz CT molecular complexity index is 462. The average molecular weight is 278 g/mol. The number of ketones is 1. The monoisotopic (exact) mass is 278 g/mol. The van der Waals surface area contributed by atoms with Gasteiger partial charge in [-0.1, -0.05) is 6.92 Å². The zero-order valence-corrected chi connectivity index (χ0v) is 12.3. The number of pyridine rings is 1. The molecule has 1 aromatic heterocycles. The number of hydrogen-bond donors (Lipinski definition) is 0. The number of Topliss-reactive ketones (excluding diaryl/α,β-unsaturated/α-hetero) is 1. The first kappa shape index (κ1) is 14.9. The van der Waals surface area contributed by atoms with Crippen molar-refractivity contribution in [1.29, 1.82) is 0 Å². The highest BCUT2D eigenvalue weighted by atomic mass is 16.5. The summed E-state index contributed by atoms with van der Waals surface area (Å²) in [5.41, 5.74) is 0.547. The van der Waals surface area contributed by atoms with Crippen molar-refractivity contribution in [1.82, 2.24) is 9.88 Å². The second-order valence-electron chi connectivity index (χ2n) is 5.19. The fourth-order valence-electron chi connectivity index (χ4n) is 2.22. The maximum atomic E-state index is 12.5. The first-order valence-electron chi connectivity index (χ1n) is 7.10. The summed E-state index contributed by atoms with van der Waals surface area (Å²) < 4.78 is 11.2. The molecule has 0 aliphatic carbocycles. The van der Waals surface area contributed by atoms with Gasteiger partial charge in [0.2, 0.25) is 0 Å². The molecule has 0 amide bonds. The second-order valence-corrected chi connectivity index (χ2v) is 5.19. The zero-order chi connectivity index (χ0) is 14.5. The Morgan fingerprint density at radius 3 is 3.05 bits per heavy atom. The third-order valence-electron chi connectivity index (χ3n) is 3.26. The third kappa shape index (κ3) is 3.77. The van der Waals surface area contributed by atoms with Gasteiger partial charge < -0.3 is 9.47 Å². The van der Waals surface area contributed by atoms with Crippen molar-refractivity contribution in [3.05, 3.63) is 24.0 Å². The molecule has 2 rings (SSSR count). The normalized spacial score (nSPS) is 20.1. The Morgan fingerprint density at radius 1 is 1.55 bits per heavy atom. The highest BCUT2D eigenvalue weighted by Crippen LogP contribution is 2.17. The second kappa shape index (κ2) is 6.81. The number of likely N-dealkylation sites (N-methyl/N-ethyl adjacent to an activating group) is 1. The van der Waals surface area contributed by atoms with E-state index in [0.717, 1.165) is 13.1 Å². The van der Waals surface area contributed by atoms with Crippen LogP contribution in [-0.4, -0.2) is 54.1 Å². The molecule has 1 aromatic rings. The maximum absolute atomic E-state index is 12.5. The van der Waals surface area contributed by atoms with E-state index in [0.29, 0.717) is 24.5 Å². The summed E-state index contributed by atoms with van der Waals surface area (Å²) >= 11 is 0. The molecule has 1 saturated heterocycles. The van der Waals surface area contributed by atoms with Gasteiger partial charge in [-0.3, -0.25) is 14.7 Å². The lowest BCUT2D eigenvalue weighted by atomic mass is 10.1. The van der Waals surface area contributed by atoms with Gasteiger partial charge in [0, 0.05) is 24.8 Å². The first-order chi connectivity index (χ1) is 9.60. The van der Waals surface area contributed by atoms with E-state index in [4.69, 9.17) is 9.47 Å². The molecule has 1 unspecified atom stereocenters. The largest absolute Gasteiger partial charge is 0.489 e. The molecule has 20 heavy (non-hydrogen) atoms. The molecule has 5 nitrogen and oxygen atoms in total. The molecular weight excluding hydrogens is 256 g/mol. The van der Waals surface area contributed by atoms with Crippen molar-refractivity contribution >= 4 is 5.78 Å². The van der Waals surface area contributed by atoms with Crippen LogP contribution in [0.15, 0.2) is 18.5 Å². The summed E-state index contributed by atoms with van der Waals surface area (Å²) in [6.07, 6.45) is 2.85. The minimum atomic E-state index is -0.403. The number of morpholine rings is 1. The van der Waals surface area contributed by atoms with Gasteiger partial charge in [0.15, 0.2) is 5.78 Å². The first-order valence-corrected chi connectivity index (χ1v) is 7.10. The van der Waals surface area contributed by atoms with E-state index in [2.05, 4.69) is 16.8 Å². The number of aromatic nitrogens is 1. The Morgan fingerprint density at radius 2 is 2.35 bits per heavy atom. The van der Waals surface area contributed by atoms with E-state index in [-0.39, 0.29) is 11.9 Å². The van der Waals surface area contributed by atoms with Crippen LogP contribution in [0.1, 0.15) is 31.1 Å². The van der Waals surface area contributed by atoms with Gasteiger partial charge in [-0.05, 0) is 26.5 Å². The Kier molecular flexibility index (Phi) is 5.09. The van der Waals surface area contributed by atoms with Crippen molar-refractivity contribution in [3.8, 4) is 5.75 Å². The molecule has 0 spiro atoms. The van der Waals surface area contributed by atoms with Crippen LogP contribution in [0.5, 0.6) is 5.75 Å². The van der Waals surface area contributed by atoms with Crippen LogP contribution in [-0.2, 0) is 4.74 Å². The average Bonchev–Trinajstić information content (AvgIpc) is 2.46. The summed E-state index contributed by atoms with van der Waals surface area (Å²) in [4.78, 5) is 18.7. The molecule has 1 atom stereocenters.